The molecular formula is C28H34FN3OS. The summed E-state index contributed by atoms with van der Waals surface area (Å²) in [7, 11) is 0. The standard InChI is InChI=1S/C28H34FN3OS/c29-24-9-7-20(8-10-24)14-21-4-3-13-32(17-21)18-23-6-2-1-5-22(23)15-28(33)31-25-11-12-26-27(16-25)34-19-30-26/h7-12,16,19,21-23H,1-6,13-15,17-18H2,(H,31,33)/t21-,22-,23-/m0/s1. The van der Waals surface area contributed by atoms with E-state index in [4.69, 9.17) is 0 Å². The minimum atomic E-state index is -0.162. The first-order valence-electron chi connectivity index (χ1n) is 12.7. The van der Waals surface area contributed by atoms with E-state index in [9.17, 15) is 9.18 Å². The fourth-order valence-corrected chi connectivity index (χ4v) is 6.66. The monoisotopic (exact) mass is 479 g/mol. The predicted molar refractivity (Wildman–Crippen MR) is 138 cm³/mol. The molecule has 1 aromatic heterocycles. The number of nitrogens with one attached hydrogen (secondary N) is 1. The number of piperidine rings is 1. The van der Waals surface area contributed by atoms with E-state index >= 15 is 0 Å². The number of carbonyl (C=O) groups excluding carboxylic acids is 1. The number of rotatable bonds is 7. The molecule has 0 unspecified atom stereocenters. The van der Waals surface area contributed by atoms with Gasteiger partial charge in [-0.05, 0) is 92.3 Å². The normalized spacial score (nSPS) is 23.7. The zero-order valence-corrected chi connectivity index (χ0v) is 20.5. The maximum Gasteiger partial charge on any atom is 0.224 e. The number of fused-ring (bicyclic) bond motifs is 1. The fraction of sp³-hybridized carbons (Fsp3) is 0.500. The van der Waals surface area contributed by atoms with Crippen molar-refractivity contribution in [2.45, 2.75) is 51.4 Å². The van der Waals surface area contributed by atoms with Crippen LogP contribution < -0.4 is 5.32 Å². The van der Waals surface area contributed by atoms with Crippen molar-refractivity contribution in [1.29, 1.82) is 0 Å². The van der Waals surface area contributed by atoms with Crippen LogP contribution in [0.4, 0.5) is 10.1 Å². The third kappa shape index (κ3) is 6.02. The largest absolute Gasteiger partial charge is 0.326 e. The van der Waals surface area contributed by atoms with Gasteiger partial charge in [0.1, 0.15) is 5.82 Å². The molecule has 0 spiro atoms. The average molecular weight is 480 g/mol. The van der Waals surface area contributed by atoms with Crippen LogP contribution in [-0.4, -0.2) is 35.4 Å². The Labute approximate surface area is 205 Å². The van der Waals surface area contributed by atoms with Crippen molar-refractivity contribution in [3.8, 4) is 0 Å². The molecule has 2 aromatic carbocycles. The van der Waals surface area contributed by atoms with Gasteiger partial charge < -0.3 is 10.2 Å². The first kappa shape index (κ1) is 23.4. The zero-order chi connectivity index (χ0) is 23.3. The first-order valence-corrected chi connectivity index (χ1v) is 13.6. The minimum Gasteiger partial charge on any atom is -0.326 e. The lowest BCUT2D eigenvalue weighted by Gasteiger charge is -2.39. The van der Waals surface area contributed by atoms with Gasteiger partial charge >= 0.3 is 0 Å². The van der Waals surface area contributed by atoms with Crippen molar-refractivity contribution in [3.63, 3.8) is 0 Å². The van der Waals surface area contributed by atoms with E-state index in [0.717, 1.165) is 48.4 Å². The van der Waals surface area contributed by atoms with E-state index < -0.39 is 0 Å². The first-order chi connectivity index (χ1) is 16.6. The molecule has 1 amide bonds. The Kier molecular flexibility index (Phi) is 7.55. The van der Waals surface area contributed by atoms with E-state index in [-0.39, 0.29) is 11.7 Å². The SMILES string of the molecule is O=C(C[C@@H]1CCCC[C@H]1CN1CCC[C@@H](Cc2ccc(F)cc2)C1)Nc1ccc2ncsc2c1. The third-order valence-corrected chi connectivity index (χ3v) is 8.45. The molecule has 2 heterocycles. The van der Waals surface area contributed by atoms with E-state index in [1.807, 2.05) is 35.8 Å². The van der Waals surface area contributed by atoms with Gasteiger partial charge in [0.25, 0.3) is 0 Å². The van der Waals surface area contributed by atoms with E-state index in [1.165, 1.54) is 37.7 Å². The number of aromatic nitrogens is 1. The van der Waals surface area contributed by atoms with Gasteiger partial charge in [0.2, 0.25) is 5.91 Å². The number of hydrogen-bond acceptors (Lipinski definition) is 4. The molecule has 6 heteroatoms. The molecule has 1 N–H and O–H groups in total. The molecule has 4 nitrogen and oxygen atoms in total. The molecule has 1 saturated heterocycles. The highest BCUT2D eigenvalue weighted by molar-refractivity contribution is 7.16. The fourth-order valence-electron chi connectivity index (χ4n) is 5.95. The Bertz CT molecular complexity index is 1100. The number of benzene rings is 2. The van der Waals surface area contributed by atoms with Crippen LogP contribution in [-0.2, 0) is 11.2 Å². The maximum absolute atomic E-state index is 13.2. The van der Waals surface area contributed by atoms with Crippen LogP contribution in [0.3, 0.4) is 0 Å². The third-order valence-electron chi connectivity index (χ3n) is 7.66. The van der Waals surface area contributed by atoms with Crippen LogP contribution in [0.1, 0.15) is 50.5 Å². The second-order valence-corrected chi connectivity index (χ2v) is 11.1. The second-order valence-electron chi connectivity index (χ2n) is 10.2. The molecule has 3 aromatic rings. The summed E-state index contributed by atoms with van der Waals surface area (Å²) >= 11 is 1.60. The molecule has 1 saturated carbocycles. The molecule has 3 atom stereocenters. The Morgan fingerprint density at radius 3 is 2.74 bits per heavy atom. The summed E-state index contributed by atoms with van der Waals surface area (Å²) in [6.45, 7) is 3.37. The van der Waals surface area contributed by atoms with Gasteiger partial charge in [-0.1, -0.05) is 25.0 Å². The van der Waals surface area contributed by atoms with Crippen molar-refractivity contribution < 1.29 is 9.18 Å². The molecule has 2 aliphatic rings. The summed E-state index contributed by atoms with van der Waals surface area (Å²) in [6, 6.07) is 13.0. The quantitative estimate of drug-likeness (QED) is 0.419. The van der Waals surface area contributed by atoms with Gasteiger partial charge in [-0.3, -0.25) is 4.79 Å². The summed E-state index contributed by atoms with van der Waals surface area (Å²) in [6.07, 6.45) is 8.99. The van der Waals surface area contributed by atoms with Gasteiger partial charge in [0.15, 0.2) is 0 Å². The highest BCUT2D eigenvalue weighted by Gasteiger charge is 2.30. The summed E-state index contributed by atoms with van der Waals surface area (Å²) in [5.74, 6) is 1.65. The number of amides is 1. The molecular weight excluding hydrogens is 445 g/mol. The van der Waals surface area contributed by atoms with Crippen LogP contribution in [0, 0.1) is 23.6 Å². The van der Waals surface area contributed by atoms with Gasteiger partial charge in [0, 0.05) is 25.2 Å². The van der Waals surface area contributed by atoms with Crippen LogP contribution >= 0.6 is 11.3 Å². The van der Waals surface area contributed by atoms with E-state index in [1.54, 1.807) is 23.5 Å². The second kappa shape index (κ2) is 11.0. The molecule has 5 rings (SSSR count). The summed E-state index contributed by atoms with van der Waals surface area (Å²) in [4.78, 5) is 19.9. The summed E-state index contributed by atoms with van der Waals surface area (Å²) in [5, 5.41) is 3.13. The number of nitrogens with zero attached hydrogens (tertiary/aromatic N) is 2. The van der Waals surface area contributed by atoms with Gasteiger partial charge in [-0.2, -0.15) is 0 Å². The molecule has 0 bridgehead atoms. The van der Waals surface area contributed by atoms with E-state index in [2.05, 4.69) is 15.2 Å². The molecule has 34 heavy (non-hydrogen) atoms. The van der Waals surface area contributed by atoms with Crippen LogP contribution in [0.2, 0.25) is 0 Å². The highest BCUT2D eigenvalue weighted by atomic mass is 32.1. The van der Waals surface area contributed by atoms with Gasteiger partial charge in [-0.15, -0.1) is 11.3 Å². The van der Waals surface area contributed by atoms with Crippen molar-refractivity contribution in [2.24, 2.45) is 17.8 Å². The number of anilines is 1. The average Bonchev–Trinajstić information content (AvgIpc) is 3.30. The molecule has 180 valence electrons. The Balaban J connectivity index is 1.15. The van der Waals surface area contributed by atoms with E-state index in [0.29, 0.717) is 24.2 Å². The lowest BCUT2D eigenvalue weighted by atomic mass is 9.76. The van der Waals surface area contributed by atoms with Crippen molar-refractivity contribution in [1.82, 2.24) is 9.88 Å². The topological polar surface area (TPSA) is 45.2 Å². The highest BCUT2D eigenvalue weighted by Crippen LogP contribution is 2.34. The number of carbonyl (C=O) groups is 1. The molecule has 2 fully saturated rings. The maximum atomic E-state index is 13.2. The number of halogens is 1. The lowest BCUT2D eigenvalue weighted by Crippen LogP contribution is -2.41. The Morgan fingerprint density at radius 2 is 1.88 bits per heavy atom. The zero-order valence-electron chi connectivity index (χ0n) is 19.7. The summed E-state index contributed by atoms with van der Waals surface area (Å²) in [5.41, 5.74) is 4.92. The van der Waals surface area contributed by atoms with Crippen molar-refractivity contribution >= 4 is 33.1 Å². The number of thiazole rings is 1. The number of hydrogen-bond donors (Lipinski definition) is 1. The lowest BCUT2D eigenvalue weighted by molar-refractivity contribution is -0.117. The van der Waals surface area contributed by atoms with Crippen LogP contribution in [0.5, 0.6) is 0 Å². The Morgan fingerprint density at radius 1 is 1.06 bits per heavy atom. The van der Waals surface area contributed by atoms with Gasteiger partial charge in [0.05, 0.1) is 15.7 Å². The molecule has 1 aliphatic heterocycles. The van der Waals surface area contributed by atoms with Gasteiger partial charge in [-0.25, -0.2) is 9.37 Å². The van der Waals surface area contributed by atoms with Crippen LogP contribution in [0.15, 0.2) is 48.0 Å². The molecule has 0 radical (unpaired) electrons. The minimum absolute atomic E-state index is 0.133. The Hall–Kier alpha value is -2.31. The van der Waals surface area contributed by atoms with Crippen molar-refractivity contribution in [2.75, 3.05) is 25.0 Å². The molecule has 1 aliphatic carbocycles. The smallest absolute Gasteiger partial charge is 0.224 e. The van der Waals surface area contributed by atoms with Crippen molar-refractivity contribution in [3.05, 3.63) is 59.4 Å². The summed E-state index contributed by atoms with van der Waals surface area (Å²) < 4.78 is 14.4. The number of likely N-dealkylation sites (tertiary alicyclic amines) is 1. The van der Waals surface area contributed by atoms with Crippen LogP contribution in [0.25, 0.3) is 10.2 Å². The predicted octanol–water partition coefficient (Wildman–Crippen LogP) is 6.53.